The van der Waals surface area contributed by atoms with Gasteiger partial charge in [0.1, 0.15) is 11.4 Å². The van der Waals surface area contributed by atoms with Crippen molar-refractivity contribution in [3.63, 3.8) is 0 Å². The van der Waals surface area contributed by atoms with E-state index in [1.165, 1.54) is 13.3 Å². The van der Waals surface area contributed by atoms with Gasteiger partial charge in [0.25, 0.3) is 0 Å². The Morgan fingerprint density at radius 1 is 1.04 bits per heavy atom. The molecular formula is C17H17ClN6O2. The van der Waals surface area contributed by atoms with Gasteiger partial charge in [0, 0.05) is 11.2 Å². The van der Waals surface area contributed by atoms with Crippen LogP contribution in [-0.4, -0.2) is 29.2 Å². The molecule has 0 saturated carbocycles. The minimum absolute atomic E-state index is 0.328. The summed E-state index contributed by atoms with van der Waals surface area (Å²) in [4.78, 5) is 12.7. The van der Waals surface area contributed by atoms with Crippen LogP contribution in [0.3, 0.4) is 0 Å². The lowest BCUT2D eigenvalue weighted by Crippen LogP contribution is -2.06. The van der Waals surface area contributed by atoms with Gasteiger partial charge in [-0.05, 0) is 30.3 Å². The lowest BCUT2D eigenvalue weighted by atomic mass is 10.3. The highest BCUT2D eigenvalue weighted by molar-refractivity contribution is 6.31. The third-order valence-electron chi connectivity index (χ3n) is 3.44. The highest BCUT2D eigenvalue weighted by atomic mass is 35.5. The molecule has 0 spiro atoms. The third-order valence-corrected chi connectivity index (χ3v) is 3.68. The summed E-state index contributed by atoms with van der Waals surface area (Å²) >= 11 is 6.06. The number of pyridine rings is 1. The molecule has 3 rings (SSSR count). The maximum absolute atomic E-state index is 6.06. The Hall–Kier alpha value is -3.26. The van der Waals surface area contributed by atoms with Crippen molar-refractivity contribution in [2.45, 2.75) is 0 Å². The predicted octanol–water partition coefficient (Wildman–Crippen LogP) is 3.61. The molecular weight excluding hydrogens is 356 g/mol. The quantitative estimate of drug-likeness (QED) is 0.602. The highest BCUT2D eigenvalue weighted by Gasteiger charge is 2.11. The summed E-state index contributed by atoms with van der Waals surface area (Å²) in [5.74, 6) is 1.77. The molecule has 0 amide bonds. The van der Waals surface area contributed by atoms with Gasteiger partial charge in [0.2, 0.25) is 11.8 Å². The number of hydrogen-bond donors (Lipinski definition) is 3. The van der Waals surface area contributed by atoms with E-state index >= 15 is 0 Å². The van der Waals surface area contributed by atoms with E-state index in [0.29, 0.717) is 45.5 Å². The Morgan fingerprint density at radius 3 is 2.65 bits per heavy atom. The van der Waals surface area contributed by atoms with Crippen LogP contribution in [0.15, 0.2) is 42.7 Å². The van der Waals surface area contributed by atoms with Crippen molar-refractivity contribution in [3.05, 3.63) is 47.7 Å². The van der Waals surface area contributed by atoms with Crippen LogP contribution in [0.1, 0.15) is 0 Å². The second-order valence-electron chi connectivity index (χ2n) is 5.15. The summed E-state index contributed by atoms with van der Waals surface area (Å²) in [6.45, 7) is 0. The van der Waals surface area contributed by atoms with E-state index in [2.05, 4.69) is 25.6 Å². The van der Waals surface area contributed by atoms with E-state index in [1.807, 2.05) is 0 Å². The van der Waals surface area contributed by atoms with E-state index < -0.39 is 0 Å². The molecule has 2 aromatic heterocycles. The van der Waals surface area contributed by atoms with Crippen molar-refractivity contribution in [2.75, 3.05) is 30.6 Å². The van der Waals surface area contributed by atoms with Crippen molar-refractivity contribution in [3.8, 4) is 11.6 Å². The summed E-state index contributed by atoms with van der Waals surface area (Å²) in [5, 5.41) is 6.72. The number of hydrogen-bond acceptors (Lipinski definition) is 8. The lowest BCUT2D eigenvalue weighted by Gasteiger charge is -2.14. The number of aromatic nitrogens is 3. The first-order valence-corrected chi connectivity index (χ1v) is 7.97. The maximum Gasteiger partial charge on any atom is 0.237 e. The molecule has 0 saturated heterocycles. The normalized spacial score (nSPS) is 10.3. The molecule has 0 fully saturated rings. The number of nitrogen functional groups attached to an aromatic ring is 1. The third kappa shape index (κ3) is 3.86. The molecule has 0 radical (unpaired) electrons. The second kappa shape index (κ2) is 7.75. The van der Waals surface area contributed by atoms with Crippen molar-refractivity contribution in [1.29, 1.82) is 0 Å². The molecule has 0 atom stereocenters. The molecule has 134 valence electrons. The first-order valence-electron chi connectivity index (χ1n) is 7.60. The number of ether oxygens (including phenoxy) is 2. The monoisotopic (exact) mass is 372 g/mol. The number of rotatable bonds is 6. The highest BCUT2D eigenvalue weighted by Crippen LogP contribution is 2.32. The van der Waals surface area contributed by atoms with Crippen LogP contribution in [0.2, 0.25) is 5.02 Å². The van der Waals surface area contributed by atoms with Crippen molar-refractivity contribution in [1.82, 2.24) is 15.0 Å². The van der Waals surface area contributed by atoms with Crippen LogP contribution in [0.25, 0.3) is 0 Å². The summed E-state index contributed by atoms with van der Waals surface area (Å²) < 4.78 is 10.5. The molecule has 0 aliphatic rings. The zero-order chi connectivity index (χ0) is 18.5. The zero-order valence-corrected chi connectivity index (χ0v) is 14.9. The Bertz CT molecular complexity index is 922. The zero-order valence-electron chi connectivity index (χ0n) is 14.2. The Kier molecular flexibility index (Phi) is 5.23. The van der Waals surface area contributed by atoms with Crippen LogP contribution in [0.4, 0.5) is 28.8 Å². The fourth-order valence-electron chi connectivity index (χ4n) is 2.23. The lowest BCUT2D eigenvalue weighted by molar-refractivity contribution is 0.400. The van der Waals surface area contributed by atoms with Gasteiger partial charge in [-0.2, -0.15) is 4.98 Å². The van der Waals surface area contributed by atoms with E-state index in [-0.39, 0.29) is 0 Å². The topological polar surface area (TPSA) is 107 Å². The van der Waals surface area contributed by atoms with Gasteiger partial charge in [-0.3, -0.25) is 0 Å². The molecule has 0 aliphatic heterocycles. The van der Waals surface area contributed by atoms with Gasteiger partial charge in [-0.25, -0.2) is 9.97 Å². The number of halogens is 1. The Labute approximate surface area is 155 Å². The second-order valence-corrected chi connectivity index (χ2v) is 5.59. The first-order chi connectivity index (χ1) is 12.6. The van der Waals surface area contributed by atoms with Gasteiger partial charge >= 0.3 is 0 Å². The fourth-order valence-corrected chi connectivity index (χ4v) is 2.40. The van der Waals surface area contributed by atoms with Crippen LogP contribution >= 0.6 is 11.6 Å². The smallest absolute Gasteiger partial charge is 0.237 e. The summed E-state index contributed by atoms with van der Waals surface area (Å²) in [6, 6.07) is 8.79. The molecule has 0 bridgehead atoms. The molecule has 2 heterocycles. The summed E-state index contributed by atoms with van der Waals surface area (Å²) in [5.41, 5.74) is 7.63. The van der Waals surface area contributed by atoms with Crippen molar-refractivity contribution in [2.24, 2.45) is 0 Å². The van der Waals surface area contributed by atoms with Gasteiger partial charge < -0.3 is 25.8 Å². The van der Waals surface area contributed by atoms with E-state index in [4.69, 9.17) is 26.8 Å². The molecule has 8 nitrogen and oxygen atoms in total. The number of nitrogens with one attached hydrogen (secondary N) is 2. The Balaban J connectivity index is 1.90. The number of benzene rings is 1. The van der Waals surface area contributed by atoms with Gasteiger partial charge in [0.15, 0.2) is 5.82 Å². The first kappa shape index (κ1) is 17.6. The number of nitrogens with two attached hydrogens (primary N) is 1. The number of nitrogens with zero attached hydrogens (tertiary/aromatic N) is 3. The molecule has 0 aliphatic carbocycles. The molecule has 26 heavy (non-hydrogen) atoms. The maximum atomic E-state index is 6.06. The summed E-state index contributed by atoms with van der Waals surface area (Å²) in [6.07, 6.45) is 3.13. The van der Waals surface area contributed by atoms with Crippen LogP contribution in [-0.2, 0) is 0 Å². The predicted molar refractivity (Wildman–Crippen MR) is 102 cm³/mol. The van der Waals surface area contributed by atoms with Gasteiger partial charge in [-0.15, -0.1) is 0 Å². The van der Waals surface area contributed by atoms with E-state index in [0.717, 1.165) is 0 Å². The molecule has 1 aromatic carbocycles. The summed E-state index contributed by atoms with van der Waals surface area (Å²) in [7, 11) is 3.11. The van der Waals surface area contributed by atoms with E-state index in [9.17, 15) is 0 Å². The fraction of sp³-hybridized carbons (Fsp3) is 0.118. The number of methoxy groups -OCH3 is 2. The van der Waals surface area contributed by atoms with E-state index in [1.54, 1.807) is 43.6 Å². The van der Waals surface area contributed by atoms with Gasteiger partial charge in [0.05, 0.1) is 31.8 Å². The minimum atomic E-state index is 0.328. The van der Waals surface area contributed by atoms with Crippen LogP contribution in [0.5, 0.6) is 11.6 Å². The molecule has 0 unspecified atom stereocenters. The number of anilines is 5. The van der Waals surface area contributed by atoms with Crippen molar-refractivity contribution >= 4 is 40.4 Å². The van der Waals surface area contributed by atoms with Crippen LogP contribution in [0, 0.1) is 0 Å². The molecule has 4 N–H and O–H groups in total. The average Bonchev–Trinajstić information content (AvgIpc) is 2.65. The minimum Gasteiger partial charge on any atom is -0.495 e. The molecule has 9 heteroatoms. The average molecular weight is 373 g/mol. The van der Waals surface area contributed by atoms with Gasteiger partial charge in [-0.1, -0.05) is 11.6 Å². The molecule has 3 aromatic rings. The SMILES string of the molecule is COc1ccc(Cl)cc1Nc1nc(Nc2cccnc2OC)ncc1N. The van der Waals surface area contributed by atoms with Crippen molar-refractivity contribution < 1.29 is 9.47 Å². The standard InChI is InChI=1S/C17H17ClN6O2/c1-25-14-6-5-10(18)8-13(14)22-15-11(19)9-21-17(24-15)23-12-4-3-7-20-16(12)26-2/h3-9H,19H2,1-2H3,(H2,21,22,23,24). The largest absolute Gasteiger partial charge is 0.495 e. The van der Waals surface area contributed by atoms with Crippen LogP contribution < -0.4 is 25.8 Å². The Morgan fingerprint density at radius 2 is 1.88 bits per heavy atom.